The van der Waals surface area contributed by atoms with Gasteiger partial charge in [-0.05, 0) is 38.3 Å². The van der Waals surface area contributed by atoms with Crippen LogP contribution in [0.1, 0.15) is 51.9 Å². The maximum Gasteiger partial charge on any atom is 0.170 e. The summed E-state index contributed by atoms with van der Waals surface area (Å²) in [5.41, 5.74) is 0. The van der Waals surface area contributed by atoms with Gasteiger partial charge in [0.2, 0.25) is 0 Å². The van der Waals surface area contributed by atoms with Crippen molar-refractivity contribution in [1.82, 2.24) is 4.90 Å². The van der Waals surface area contributed by atoms with Gasteiger partial charge in [0.1, 0.15) is 0 Å². The molecule has 0 bridgehead atoms. The zero-order valence-corrected chi connectivity index (χ0v) is 12.7. The van der Waals surface area contributed by atoms with Crippen molar-refractivity contribution in [3.8, 4) is 0 Å². The molecule has 3 aliphatic rings. The lowest BCUT2D eigenvalue weighted by Gasteiger charge is -2.46. The molecule has 2 unspecified atom stereocenters. The van der Waals surface area contributed by atoms with Gasteiger partial charge >= 0.3 is 0 Å². The lowest BCUT2D eigenvalue weighted by atomic mass is 9.84. The highest BCUT2D eigenvalue weighted by Gasteiger charge is 2.46. The lowest BCUT2D eigenvalue weighted by Crippen LogP contribution is -2.55. The second kappa shape index (κ2) is 6.30. The Hall–Kier alpha value is -0.160. The van der Waals surface area contributed by atoms with Gasteiger partial charge in [-0.25, -0.2) is 0 Å². The fourth-order valence-electron chi connectivity index (χ4n) is 4.23. The smallest absolute Gasteiger partial charge is 0.170 e. The summed E-state index contributed by atoms with van der Waals surface area (Å²) in [5.74, 6) is 0.509. The number of ether oxygens (including phenoxy) is 2. The Balaban J connectivity index is 1.58. The SMILES string of the molecule is CCCC1CCN(C2CC3(CCC2O)OCCO3)CC1. The lowest BCUT2D eigenvalue weighted by molar-refractivity contribution is -0.206. The summed E-state index contributed by atoms with van der Waals surface area (Å²) >= 11 is 0. The molecule has 4 heteroatoms. The van der Waals surface area contributed by atoms with Gasteiger partial charge in [0, 0.05) is 18.9 Å². The highest BCUT2D eigenvalue weighted by Crippen LogP contribution is 2.39. The van der Waals surface area contributed by atoms with Crippen molar-refractivity contribution < 1.29 is 14.6 Å². The maximum atomic E-state index is 10.4. The molecular formula is C16H29NO3. The van der Waals surface area contributed by atoms with Crippen molar-refractivity contribution in [2.75, 3.05) is 26.3 Å². The Morgan fingerprint density at radius 1 is 1.15 bits per heavy atom. The largest absolute Gasteiger partial charge is 0.391 e. The quantitative estimate of drug-likeness (QED) is 0.862. The summed E-state index contributed by atoms with van der Waals surface area (Å²) in [6, 6.07) is 0.226. The summed E-state index contributed by atoms with van der Waals surface area (Å²) < 4.78 is 11.7. The molecule has 1 N–H and O–H groups in total. The van der Waals surface area contributed by atoms with E-state index in [0.29, 0.717) is 13.2 Å². The Morgan fingerprint density at radius 3 is 2.50 bits per heavy atom. The van der Waals surface area contributed by atoms with E-state index >= 15 is 0 Å². The van der Waals surface area contributed by atoms with Crippen molar-refractivity contribution >= 4 is 0 Å². The van der Waals surface area contributed by atoms with Crippen molar-refractivity contribution in [3.05, 3.63) is 0 Å². The highest BCUT2D eigenvalue weighted by molar-refractivity contribution is 4.94. The number of aliphatic hydroxyl groups is 1. The molecule has 0 amide bonds. The monoisotopic (exact) mass is 283 g/mol. The van der Waals surface area contributed by atoms with Crippen LogP contribution in [0.4, 0.5) is 0 Å². The highest BCUT2D eigenvalue weighted by atomic mass is 16.7. The molecule has 3 fully saturated rings. The van der Waals surface area contributed by atoms with E-state index in [2.05, 4.69) is 11.8 Å². The Labute approximate surface area is 122 Å². The van der Waals surface area contributed by atoms with Crippen LogP contribution >= 0.6 is 0 Å². The minimum absolute atomic E-state index is 0.212. The van der Waals surface area contributed by atoms with E-state index in [1.807, 2.05) is 0 Å². The fraction of sp³-hybridized carbons (Fsp3) is 1.00. The third-order valence-electron chi connectivity index (χ3n) is 5.41. The molecule has 2 saturated heterocycles. The van der Waals surface area contributed by atoms with Gasteiger partial charge in [-0.15, -0.1) is 0 Å². The molecular weight excluding hydrogens is 254 g/mol. The summed E-state index contributed by atoms with van der Waals surface area (Å²) in [5, 5.41) is 10.4. The molecule has 116 valence electrons. The van der Waals surface area contributed by atoms with Gasteiger partial charge in [0.25, 0.3) is 0 Å². The molecule has 2 atom stereocenters. The average molecular weight is 283 g/mol. The van der Waals surface area contributed by atoms with Gasteiger partial charge in [0.15, 0.2) is 5.79 Å². The van der Waals surface area contributed by atoms with E-state index in [1.165, 1.54) is 25.7 Å². The van der Waals surface area contributed by atoms with Gasteiger partial charge in [-0.2, -0.15) is 0 Å². The molecule has 0 radical (unpaired) electrons. The molecule has 1 spiro atoms. The second-order valence-electron chi connectivity index (χ2n) is 6.75. The standard InChI is InChI=1S/C16H29NO3/c1-2-3-13-5-8-17(9-6-13)14-12-16(7-4-15(14)18)19-10-11-20-16/h13-15,18H,2-12H2,1H3. The summed E-state index contributed by atoms with van der Waals surface area (Å²) in [7, 11) is 0. The second-order valence-corrected chi connectivity index (χ2v) is 6.75. The number of hydrogen-bond acceptors (Lipinski definition) is 4. The number of hydrogen-bond donors (Lipinski definition) is 1. The number of rotatable bonds is 3. The predicted molar refractivity (Wildman–Crippen MR) is 77.5 cm³/mol. The molecule has 4 nitrogen and oxygen atoms in total. The van der Waals surface area contributed by atoms with Crippen molar-refractivity contribution in [3.63, 3.8) is 0 Å². The van der Waals surface area contributed by atoms with Crippen LogP contribution in [0.5, 0.6) is 0 Å². The van der Waals surface area contributed by atoms with Gasteiger partial charge < -0.3 is 14.6 Å². The number of likely N-dealkylation sites (tertiary alicyclic amines) is 1. The molecule has 0 aromatic heterocycles. The fourth-order valence-corrected chi connectivity index (χ4v) is 4.23. The van der Waals surface area contributed by atoms with Crippen LogP contribution in [-0.4, -0.2) is 54.2 Å². The first-order valence-corrected chi connectivity index (χ1v) is 8.42. The number of piperidine rings is 1. The Bertz CT molecular complexity index is 309. The number of aliphatic hydroxyl groups excluding tert-OH is 1. The van der Waals surface area contributed by atoms with E-state index in [1.54, 1.807) is 0 Å². The van der Waals surface area contributed by atoms with Gasteiger partial charge in [0.05, 0.1) is 19.3 Å². The zero-order chi connectivity index (χ0) is 14.0. The molecule has 0 aromatic carbocycles. The predicted octanol–water partition coefficient (Wildman–Crippen LogP) is 2.16. The topological polar surface area (TPSA) is 41.9 Å². The normalized spacial score (nSPS) is 35.7. The molecule has 20 heavy (non-hydrogen) atoms. The first kappa shape index (κ1) is 14.8. The first-order chi connectivity index (χ1) is 9.72. The molecule has 3 rings (SSSR count). The van der Waals surface area contributed by atoms with Crippen LogP contribution in [0.25, 0.3) is 0 Å². The van der Waals surface area contributed by atoms with Crippen LogP contribution < -0.4 is 0 Å². The third kappa shape index (κ3) is 3.03. The average Bonchev–Trinajstić information content (AvgIpc) is 2.92. The Morgan fingerprint density at radius 2 is 1.85 bits per heavy atom. The van der Waals surface area contributed by atoms with Gasteiger partial charge in [-0.1, -0.05) is 19.8 Å². The summed E-state index contributed by atoms with van der Waals surface area (Å²) in [4.78, 5) is 2.49. The van der Waals surface area contributed by atoms with Crippen molar-refractivity contribution in [1.29, 1.82) is 0 Å². The third-order valence-corrected chi connectivity index (χ3v) is 5.41. The van der Waals surface area contributed by atoms with Crippen LogP contribution in [0, 0.1) is 5.92 Å². The van der Waals surface area contributed by atoms with Crippen LogP contribution in [0.15, 0.2) is 0 Å². The summed E-state index contributed by atoms with van der Waals surface area (Å²) in [6.45, 7) is 5.95. The summed E-state index contributed by atoms with van der Waals surface area (Å²) in [6.07, 6.45) is 7.50. The minimum Gasteiger partial charge on any atom is -0.391 e. The minimum atomic E-state index is -0.385. The molecule has 2 aliphatic heterocycles. The molecule has 2 heterocycles. The van der Waals surface area contributed by atoms with Crippen molar-refractivity contribution in [2.24, 2.45) is 5.92 Å². The van der Waals surface area contributed by atoms with E-state index in [0.717, 1.165) is 38.3 Å². The van der Waals surface area contributed by atoms with E-state index < -0.39 is 0 Å². The first-order valence-electron chi connectivity index (χ1n) is 8.42. The Kier molecular flexibility index (Phi) is 4.65. The van der Waals surface area contributed by atoms with Crippen LogP contribution in [-0.2, 0) is 9.47 Å². The van der Waals surface area contributed by atoms with Crippen LogP contribution in [0.2, 0.25) is 0 Å². The molecule has 0 aromatic rings. The zero-order valence-electron chi connectivity index (χ0n) is 12.7. The van der Waals surface area contributed by atoms with Crippen LogP contribution in [0.3, 0.4) is 0 Å². The maximum absolute atomic E-state index is 10.4. The van der Waals surface area contributed by atoms with E-state index in [4.69, 9.17) is 9.47 Å². The molecule has 1 aliphatic carbocycles. The van der Waals surface area contributed by atoms with Gasteiger partial charge in [-0.3, -0.25) is 4.90 Å². The number of nitrogens with zero attached hydrogens (tertiary/aromatic N) is 1. The molecule has 1 saturated carbocycles. The van der Waals surface area contributed by atoms with E-state index in [-0.39, 0.29) is 17.9 Å². The van der Waals surface area contributed by atoms with E-state index in [9.17, 15) is 5.11 Å². The van der Waals surface area contributed by atoms with Crippen molar-refractivity contribution in [2.45, 2.75) is 69.8 Å².